The number of hydrogen-bond acceptors (Lipinski definition) is 4. The van der Waals surface area contributed by atoms with Gasteiger partial charge in [-0.2, -0.15) is 0 Å². The highest BCUT2D eigenvalue weighted by Crippen LogP contribution is 2.16. The van der Waals surface area contributed by atoms with Crippen LogP contribution in [0, 0.1) is 6.92 Å². The Morgan fingerprint density at radius 3 is 2.35 bits per heavy atom. The fourth-order valence-electron chi connectivity index (χ4n) is 1.74. The summed E-state index contributed by atoms with van der Waals surface area (Å²) in [6.07, 6.45) is 0. The Hall–Kier alpha value is -2.34. The molecular formula is C14H14N2O3S. The number of nitrogens with one attached hydrogen (secondary N) is 1. The van der Waals surface area contributed by atoms with Crippen LogP contribution < -0.4 is 10.5 Å². The molecule has 20 heavy (non-hydrogen) atoms. The van der Waals surface area contributed by atoms with Gasteiger partial charge in [-0.15, -0.1) is 0 Å². The van der Waals surface area contributed by atoms with Crippen molar-refractivity contribution in [1.29, 1.82) is 0 Å². The maximum Gasteiger partial charge on any atom is 0.265 e. The number of anilines is 1. The Balaban J connectivity index is 2.31. The van der Waals surface area contributed by atoms with Crippen LogP contribution >= 0.6 is 0 Å². The lowest BCUT2D eigenvalue weighted by molar-refractivity contribution is 0.0981. The molecule has 0 aliphatic heterocycles. The molecule has 0 aliphatic carbocycles. The molecule has 0 aromatic heterocycles. The number of rotatable bonds is 3. The number of sulfonamides is 1. The van der Waals surface area contributed by atoms with Gasteiger partial charge in [0.15, 0.2) is 0 Å². The third-order valence-corrected chi connectivity index (χ3v) is 4.25. The summed E-state index contributed by atoms with van der Waals surface area (Å²) in [7, 11) is -3.88. The summed E-state index contributed by atoms with van der Waals surface area (Å²) in [6, 6.07) is 12.5. The van der Waals surface area contributed by atoms with Gasteiger partial charge >= 0.3 is 0 Å². The van der Waals surface area contributed by atoms with E-state index in [9.17, 15) is 13.2 Å². The van der Waals surface area contributed by atoms with Crippen LogP contribution in [0.25, 0.3) is 0 Å². The Labute approximate surface area is 117 Å². The third-order valence-electron chi connectivity index (χ3n) is 2.90. The van der Waals surface area contributed by atoms with Gasteiger partial charge in [0.05, 0.1) is 4.90 Å². The van der Waals surface area contributed by atoms with Crippen LogP contribution in [0.5, 0.6) is 0 Å². The van der Waals surface area contributed by atoms with Crippen molar-refractivity contribution in [1.82, 2.24) is 4.72 Å². The van der Waals surface area contributed by atoms with Crippen molar-refractivity contribution in [3.8, 4) is 0 Å². The largest absolute Gasteiger partial charge is 0.398 e. The zero-order valence-corrected chi connectivity index (χ0v) is 11.6. The van der Waals surface area contributed by atoms with Crippen LogP contribution in [0.15, 0.2) is 53.4 Å². The minimum absolute atomic E-state index is 0.0370. The highest BCUT2D eigenvalue weighted by atomic mass is 32.2. The van der Waals surface area contributed by atoms with E-state index in [1.54, 1.807) is 37.3 Å². The molecule has 104 valence electrons. The molecule has 2 aromatic rings. The summed E-state index contributed by atoms with van der Waals surface area (Å²) >= 11 is 0. The Bertz CT molecular complexity index is 740. The molecule has 3 N–H and O–H groups in total. The van der Waals surface area contributed by atoms with Crippen LogP contribution in [-0.4, -0.2) is 14.3 Å². The topological polar surface area (TPSA) is 89.3 Å². The minimum atomic E-state index is -3.88. The van der Waals surface area contributed by atoms with E-state index in [2.05, 4.69) is 0 Å². The molecule has 2 rings (SSSR count). The second-order valence-electron chi connectivity index (χ2n) is 4.27. The number of nitrogens with two attached hydrogens (primary N) is 1. The van der Waals surface area contributed by atoms with E-state index >= 15 is 0 Å². The van der Waals surface area contributed by atoms with E-state index in [4.69, 9.17) is 5.73 Å². The highest BCUT2D eigenvalue weighted by molar-refractivity contribution is 7.90. The first-order valence-electron chi connectivity index (χ1n) is 5.89. The minimum Gasteiger partial charge on any atom is -0.398 e. The summed E-state index contributed by atoms with van der Waals surface area (Å²) < 4.78 is 26.1. The number of carbonyl (C=O) groups is 1. The zero-order valence-electron chi connectivity index (χ0n) is 10.8. The van der Waals surface area contributed by atoms with Gasteiger partial charge in [0.25, 0.3) is 15.9 Å². The van der Waals surface area contributed by atoms with Crippen LogP contribution in [0.2, 0.25) is 0 Å². The van der Waals surface area contributed by atoms with Crippen molar-refractivity contribution in [3.05, 3.63) is 59.7 Å². The molecule has 0 aliphatic rings. The molecule has 0 saturated heterocycles. The van der Waals surface area contributed by atoms with Crippen LogP contribution in [-0.2, 0) is 10.0 Å². The first-order chi connectivity index (χ1) is 9.42. The summed E-state index contributed by atoms with van der Waals surface area (Å²) in [5.74, 6) is -0.696. The van der Waals surface area contributed by atoms with E-state index in [-0.39, 0.29) is 10.5 Å². The van der Waals surface area contributed by atoms with Gasteiger partial charge in [0.2, 0.25) is 0 Å². The van der Waals surface area contributed by atoms with E-state index in [1.807, 2.05) is 4.72 Å². The molecule has 0 atom stereocenters. The molecule has 0 fully saturated rings. The van der Waals surface area contributed by atoms with Crippen LogP contribution in [0.1, 0.15) is 15.9 Å². The highest BCUT2D eigenvalue weighted by Gasteiger charge is 2.19. The third kappa shape index (κ3) is 2.80. The van der Waals surface area contributed by atoms with Gasteiger partial charge in [0, 0.05) is 11.3 Å². The summed E-state index contributed by atoms with van der Waals surface area (Å²) in [4.78, 5) is 12.1. The molecule has 0 radical (unpaired) electrons. The van der Waals surface area contributed by atoms with E-state index in [0.717, 1.165) is 0 Å². The number of carbonyl (C=O) groups excluding carboxylic acids is 1. The molecule has 0 saturated carbocycles. The van der Waals surface area contributed by atoms with E-state index in [1.165, 1.54) is 18.2 Å². The van der Waals surface area contributed by atoms with Crippen LogP contribution in [0.4, 0.5) is 5.69 Å². The second-order valence-corrected chi connectivity index (χ2v) is 5.95. The number of benzene rings is 2. The van der Waals surface area contributed by atoms with Gasteiger partial charge in [-0.1, -0.05) is 24.3 Å². The van der Waals surface area contributed by atoms with Crippen molar-refractivity contribution >= 4 is 21.6 Å². The lowest BCUT2D eigenvalue weighted by Crippen LogP contribution is -2.31. The van der Waals surface area contributed by atoms with E-state index < -0.39 is 15.9 Å². The monoisotopic (exact) mass is 290 g/mol. The summed E-state index contributed by atoms with van der Waals surface area (Å²) in [5.41, 5.74) is 6.93. The van der Waals surface area contributed by atoms with Crippen molar-refractivity contribution in [2.24, 2.45) is 0 Å². The lowest BCUT2D eigenvalue weighted by Gasteiger charge is -2.10. The maximum absolute atomic E-state index is 12.1. The van der Waals surface area contributed by atoms with Crippen molar-refractivity contribution in [2.45, 2.75) is 11.8 Å². The fourth-order valence-corrected chi connectivity index (χ4v) is 2.72. The number of amides is 1. The molecule has 6 heteroatoms. The number of nitrogen functional groups attached to an aromatic ring is 1. The summed E-state index contributed by atoms with van der Waals surface area (Å²) in [5, 5.41) is 0. The standard InChI is InChI=1S/C14H14N2O3S/c1-10-12(8-5-9-13(10)15)14(17)16-20(18,19)11-6-3-2-4-7-11/h2-9H,15H2,1H3,(H,16,17). The lowest BCUT2D eigenvalue weighted by atomic mass is 10.1. The Morgan fingerprint density at radius 2 is 1.70 bits per heavy atom. The quantitative estimate of drug-likeness (QED) is 0.842. The fraction of sp³-hybridized carbons (Fsp3) is 0.0714. The molecule has 0 bridgehead atoms. The molecule has 2 aromatic carbocycles. The molecule has 0 unspecified atom stereocenters. The van der Waals surface area contributed by atoms with Gasteiger partial charge in [-0.25, -0.2) is 13.1 Å². The van der Waals surface area contributed by atoms with Gasteiger partial charge in [-0.3, -0.25) is 4.79 Å². The average molecular weight is 290 g/mol. The Kier molecular flexibility index (Phi) is 3.76. The van der Waals surface area contributed by atoms with Crippen LogP contribution in [0.3, 0.4) is 0 Å². The molecule has 0 heterocycles. The van der Waals surface area contributed by atoms with Crippen molar-refractivity contribution in [3.63, 3.8) is 0 Å². The molecule has 5 nitrogen and oxygen atoms in total. The number of hydrogen-bond donors (Lipinski definition) is 2. The predicted molar refractivity (Wildman–Crippen MR) is 76.7 cm³/mol. The first kappa shape index (κ1) is 14.1. The SMILES string of the molecule is Cc1c(N)cccc1C(=O)NS(=O)(=O)c1ccccc1. The smallest absolute Gasteiger partial charge is 0.265 e. The van der Waals surface area contributed by atoms with Crippen molar-refractivity contribution in [2.75, 3.05) is 5.73 Å². The zero-order chi connectivity index (χ0) is 14.8. The molecule has 0 spiro atoms. The van der Waals surface area contributed by atoms with Gasteiger partial charge < -0.3 is 5.73 Å². The summed E-state index contributed by atoms with van der Waals surface area (Å²) in [6.45, 7) is 1.67. The van der Waals surface area contributed by atoms with Gasteiger partial charge in [0.1, 0.15) is 0 Å². The predicted octanol–water partition coefficient (Wildman–Crippen LogP) is 1.70. The maximum atomic E-state index is 12.1. The van der Waals surface area contributed by atoms with Crippen molar-refractivity contribution < 1.29 is 13.2 Å². The Morgan fingerprint density at radius 1 is 1.05 bits per heavy atom. The van der Waals surface area contributed by atoms with E-state index in [0.29, 0.717) is 11.3 Å². The normalized spacial score (nSPS) is 11.1. The van der Waals surface area contributed by atoms with Gasteiger partial charge in [-0.05, 0) is 36.8 Å². The second kappa shape index (κ2) is 5.34. The first-order valence-corrected chi connectivity index (χ1v) is 7.37. The molecule has 1 amide bonds. The average Bonchev–Trinajstić information content (AvgIpc) is 2.42. The molecular weight excluding hydrogens is 276 g/mol.